The maximum atomic E-state index is 11.5. The number of hydrogen-bond donors (Lipinski definition) is 0. The van der Waals surface area contributed by atoms with Crippen LogP contribution in [0.3, 0.4) is 0 Å². The fourth-order valence-corrected chi connectivity index (χ4v) is 3.35. The fourth-order valence-electron chi connectivity index (χ4n) is 3.35. The highest BCUT2D eigenvalue weighted by atomic mass is 16.6. The Bertz CT molecular complexity index is 1080. The van der Waals surface area contributed by atoms with E-state index in [9.17, 15) is 9.59 Å². The molecule has 0 atom stereocenters. The van der Waals surface area contributed by atoms with Gasteiger partial charge in [-0.25, -0.2) is 9.59 Å². The highest BCUT2D eigenvalue weighted by Crippen LogP contribution is 2.26. The molecule has 0 aromatic heterocycles. The Labute approximate surface area is 219 Å². The predicted octanol–water partition coefficient (Wildman–Crippen LogP) is 6.34. The van der Waals surface area contributed by atoms with E-state index in [0.717, 1.165) is 40.2 Å². The third kappa shape index (κ3) is 9.84. The Morgan fingerprint density at radius 3 is 1.46 bits per heavy atom. The second kappa shape index (κ2) is 15.1. The molecular formula is C31H36O6. The van der Waals surface area contributed by atoms with Crippen molar-refractivity contribution in [3.8, 4) is 11.5 Å². The summed E-state index contributed by atoms with van der Waals surface area (Å²) >= 11 is 0. The molecule has 0 unspecified atom stereocenters. The van der Waals surface area contributed by atoms with Crippen LogP contribution >= 0.6 is 0 Å². The molecule has 0 fully saturated rings. The molecule has 37 heavy (non-hydrogen) atoms. The van der Waals surface area contributed by atoms with E-state index in [1.54, 1.807) is 13.8 Å². The molecule has 0 aliphatic rings. The Kier molecular flexibility index (Phi) is 11.9. The molecular weight excluding hydrogens is 468 g/mol. The molecule has 2 rings (SSSR count). The summed E-state index contributed by atoms with van der Waals surface area (Å²) < 4.78 is 21.9. The van der Waals surface area contributed by atoms with Gasteiger partial charge in [-0.3, -0.25) is 0 Å². The molecule has 0 amide bonds. The predicted molar refractivity (Wildman–Crippen MR) is 148 cm³/mol. The van der Waals surface area contributed by atoms with Crippen LogP contribution in [-0.2, 0) is 25.5 Å². The van der Waals surface area contributed by atoms with Crippen molar-refractivity contribution < 1.29 is 28.5 Å². The Morgan fingerprint density at radius 1 is 0.703 bits per heavy atom. The Hall–Kier alpha value is -4.06. The summed E-state index contributed by atoms with van der Waals surface area (Å²) in [6.07, 6.45) is 8.61. The van der Waals surface area contributed by atoms with Crippen LogP contribution < -0.4 is 9.47 Å². The number of carbonyl (C=O) groups is 2. The van der Waals surface area contributed by atoms with Gasteiger partial charge in [0.15, 0.2) is 0 Å². The number of allylic oxidation sites excluding steroid dienone is 2. The van der Waals surface area contributed by atoms with Crippen molar-refractivity contribution in [2.24, 2.45) is 0 Å². The van der Waals surface area contributed by atoms with E-state index in [2.05, 4.69) is 25.3 Å². The number of ether oxygens (including phenoxy) is 4. The SMILES string of the molecule is C=C(C)C(=O)OCCOc1ccc(Cc2ccc(OCCOC(=O)C(=C)C)c(/C=C\C)c2)cc1/C=C\C. The van der Waals surface area contributed by atoms with Crippen molar-refractivity contribution in [2.45, 2.75) is 34.1 Å². The second-order valence-electron chi connectivity index (χ2n) is 8.45. The van der Waals surface area contributed by atoms with E-state index in [1.807, 2.05) is 62.4 Å². The maximum absolute atomic E-state index is 11.5. The summed E-state index contributed by atoms with van der Waals surface area (Å²) in [5.41, 5.74) is 4.87. The van der Waals surface area contributed by atoms with Crippen LogP contribution in [0.25, 0.3) is 12.2 Å². The first-order chi connectivity index (χ1) is 17.7. The van der Waals surface area contributed by atoms with Crippen LogP contribution in [0.15, 0.2) is 72.9 Å². The maximum Gasteiger partial charge on any atom is 0.333 e. The standard InChI is InChI=1S/C31H36O6/c1-7-9-26-20-24(11-13-28(26)34-15-17-36-30(32)22(3)4)19-25-12-14-29(27(21-25)10-8-2)35-16-18-37-31(33)23(5)6/h7-14,20-21H,3,5,15-19H2,1-2,4,6H3/b9-7-,10-8-. The van der Waals surface area contributed by atoms with Gasteiger partial charge >= 0.3 is 11.9 Å². The highest BCUT2D eigenvalue weighted by Gasteiger charge is 2.09. The van der Waals surface area contributed by atoms with Crippen LogP contribution in [0, 0.1) is 0 Å². The van der Waals surface area contributed by atoms with Gasteiger partial charge in [0.1, 0.15) is 37.9 Å². The summed E-state index contributed by atoms with van der Waals surface area (Å²) in [6.45, 7) is 15.1. The summed E-state index contributed by atoms with van der Waals surface area (Å²) in [6, 6.07) is 12.1. The normalized spacial score (nSPS) is 10.9. The number of rotatable bonds is 14. The zero-order chi connectivity index (χ0) is 27.2. The summed E-state index contributed by atoms with van der Waals surface area (Å²) in [5.74, 6) is 0.595. The molecule has 0 saturated heterocycles. The van der Waals surface area contributed by atoms with Crippen molar-refractivity contribution in [2.75, 3.05) is 26.4 Å². The van der Waals surface area contributed by atoms with E-state index >= 15 is 0 Å². The minimum absolute atomic E-state index is 0.154. The van der Waals surface area contributed by atoms with Crippen LogP contribution in [-0.4, -0.2) is 38.4 Å². The van der Waals surface area contributed by atoms with Crippen LogP contribution in [0.5, 0.6) is 11.5 Å². The van der Waals surface area contributed by atoms with Gasteiger partial charge in [0.25, 0.3) is 0 Å². The van der Waals surface area contributed by atoms with Gasteiger partial charge in [-0.1, -0.05) is 49.6 Å². The van der Waals surface area contributed by atoms with Gasteiger partial charge in [0.05, 0.1) is 0 Å². The zero-order valence-electron chi connectivity index (χ0n) is 22.2. The topological polar surface area (TPSA) is 71.1 Å². The van der Waals surface area contributed by atoms with Crippen LogP contribution in [0.1, 0.15) is 49.9 Å². The summed E-state index contributed by atoms with van der Waals surface area (Å²) in [5, 5.41) is 0. The molecule has 0 spiro atoms. The molecule has 0 aliphatic carbocycles. The number of esters is 2. The van der Waals surface area contributed by atoms with Gasteiger partial charge < -0.3 is 18.9 Å². The molecule has 6 nitrogen and oxygen atoms in total. The van der Waals surface area contributed by atoms with Crippen molar-refractivity contribution in [1.29, 1.82) is 0 Å². The Balaban J connectivity index is 2.06. The molecule has 0 radical (unpaired) electrons. The molecule has 0 N–H and O–H groups in total. The quantitative estimate of drug-likeness (QED) is 0.170. The lowest BCUT2D eigenvalue weighted by Crippen LogP contribution is -2.13. The first-order valence-electron chi connectivity index (χ1n) is 12.2. The summed E-state index contributed by atoms with van der Waals surface area (Å²) in [4.78, 5) is 23.0. The average Bonchev–Trinajstić information content (AvgIpc) is 2.86. The third-order valence-corrected chi connectivity index (χ3v) is 5.09. The average molecular weight is 505 g/mol. The lowest BCUT2D eigenvalue weighted by molar-refractivity contribution is -0.140. The van der Waals surface area contributed by atoms with Gasteiger partial charge in [-0.2, -0.15) is 0 Å². The van der Waals surface area contributed by atoms with Crippen LogP contribution in [0.4, 0.5) is 0 Å². The third-order valence-electron chi connectivity index (χ3n) is 5.09. The van der Waals surface area contributed by atoms with Crippen molar-refractivity contribution in [3.05, 3.63) is 95.1 Å². The van der Waals surface area contributed by atoms with E-state index in [0.29, 0.717) is 11.1 Å². The molecule has 2 aromatic rings. The molecule has 0 saturated carbocycles. The van der Waals surface area contributed by atoms with Crippen LogP contribution in [0.2, 0.25) is 0 Å². The van der Waals surface area contributed by atoms with Gasteiger partial charge in [-0.05, 0) is 69.5 Å². The van der Waals surface area contributed by atoms with E-state index < -0.39 is 11.9 Å². The lowest BCUT2D eigenvalue weighted by Gasteiger charge is -2.13. The monoisotopic (exact) mass is 504 g/mol. The first kappa shape index (κ1) is 29.2. The molecule has 0 aliphatic heterocycles. The number of hydrogen-bond acceptors (Lipinski definition) is 6. The van der Waals surface area contributed by atoms with Crippen molar-refractivity contribution in [1.82, 2.24) is 0 Å². The van der Waals surface area contributed by atoms with E-state index in [-0.39, 0.29) is 26.4 Å². The van der Waals surface area contributed by atoms with E-state index in [4.69, 9.17) is 18.9 Å². The molecule has 0 bridgehead atoms. The molecule has 196 valence electrons. The first-order valence-corrected chi connectivity index (χ1v) is 12.2. The van der Waals surface area contributed by atoms with Gasteiger partial charge in [0.2, 0.25) is 0 Å². The van der Waals surface area contributed by atoms with E-state index in [1.165, 1.54) is 0 Å². The van der Waals surface area contributed by atoms with Crippen molar-refractivity contribution >= 4 is 24.1 Å². The Morgan fingerprint density at radius 2 is 1.11 bits per heavy atom. The smallest absolute Gasteiger partial charge is 0.333 e. The molecule has 6 heteroatoms. The van der Waals surface area contributed by atoms with Gasteiger partial charge in [0, 0.05) is 22.3 Å². The van der Waals surface area contributed by atoms with Gasteiger partial charge in [-0.15, -0.1) is 0 Å². The lowest BCUT2D eigenvalue weighted by atomic mass is 10.00. The van der Waals surface area contributed by atoms with Crippen molar-refractivity contribution in [3.63, 3.8) is 0 Å². The minimum Gasteiger partial charge on any atom is -0.489 e. The fraction of sp³-hybridized carbons (Fsp3) is 0.290. The minimum atomic E-state index is -0.424. The summed E-state index contributed by atoms with van der Waals surface area (Å²) in [7, 11) is 0. The number of carbonyl (C=O) groups excluding carboxylic acids is 2. The number of benzene rings is 2. The second-order valence-corrected chi connectivity index (χ2v) is 8.45. The highest BCUT2D eigenvalue weighted by molar-refractivity contribution is 5.87. The molecule has 2 aromatic carbocycles. The largest absolute Gasteiger partial charge is 0.489 e. The molecule has 0 heterocycles. The zero-order valence-corrected chi connectivity index (χ0v) is 22.2.